The van der Waals surface area contributed by atoms with Gasteiger partial charge in [-0.05, 0) is 12.8 Å². The fourth-order valence-corrected chi connectivity index (χ4v) is 2.40. The standard InChI is InChI=1S/C12H17NO3/c1-12(2)5-3-4-8(11(12)15)10(14)9-6-16-7-13-9/h6-8,10,14H,3-5H2,1-2H3. The van der Waals surface area contributed by atoms with Gasteiger partial charge in [-0.1, -0.05) is 20.3 Å². The molecule has 4 nitrogen and oxygen atoms in total. The van der Waals surface area contributed by atoms with Gasteiger partial charge >= 0.3 is 0 Å². The van der Waals surface area contributed by atoms with Gasteiger partial charge in [0.2, 0.25) is 0 Å². The van der Waals surface area contributed by atoms with Crippen LogP contribution < -0.4 is 0 Å². The van der Waals surface area contributed by atoms with Gasteiger partial charge < -0.3 is 9.52 Å². The highest BCUT2D eigenvalue weighted by Crippen LogP contribution is 2.40. The number of nitrogens with zero attached hydrogens (tertiary/aromatic N) is 1. The topological polar surface area (TPSA) is 63.3 Å². The summed E-state index contributed by atoms with van der Waals surface area (Å²) in [4.78, 5) is 16.1. The number of ketones is 1. The zero-order valence-electron chi connectivity index (χ0n) is 9.64. The third-order valence-corrected chi connectivity index (χ3v) is 3.46. The molecular formula is C12H17NO3. The minimum atomic E-state index is -0.828. The van der Waals surface area contributed by atoms with Gasteiger partial charge in [0.05, 0.1) is 5.92 Å². The van der Waals surface area contributed by atoms with Gasteiger partial charge in [0, 0.05) is 5.41 Å². The number of aliphatic hydroxyl groups excluding tert-OH is 1. The number of aliphatic hydroxyl groups is 1. The van der Waals surface area contributed by atoms with E-state index in [1.807, 2.05) is 13.8 Å². The first kappa shape index (κ1) is 11.3. The number of Topliss-reactive ketones (excluding diaryl/α,β-unsaturated/α-hetero) is 1. The van der Waals surface area contributed by atoms with E-state index in [1.165, 1.54) is 12.7 Å². The molecule has 1 aliphatic rings. The van der Waals surface area contributed by atoms with Crippen molar-refractivity contribution in [2.24, 2.45) is 11.3 Å². The molecule has 0 aliphatic heterocycles. The van der Waals surface area contributed by atoms with Crippen LogP contribution in [0.15, 0.2) is 17.1 Å². The largest absolute Gasteiger partial charge is 0.451 e. The number of hydrogen-bond acceptors (Lipinski definition) is 4. The summed E-state index contributed by atoms with van der Waals surface area (Å²) < 4.78 is 4.83. The molecule has 0 radical (unpaired) electrons. The average Bonchev–Trinajstić information content (AvgIpc) is 2.74. The normalized spacial score (nSPS) is 26.7. The molecule has 0 spiro atoms. The third-order valence-electron chi connectivity index (χ3n) is 3.46. The van der Waals surface area contributed by atoms with E-state index in [0.29, 0.717) is 5.69 Å². The second kappa shape index (κ2) is 4.01. The van der Waals surface area contributed by atoms with Crippen LogP contribution in [0.2, 0.25) is 0 Å². The molecule has 1 aromatic rings. The predicted octanol–water partition coefficient (Wildman–Crippen LogP) is 2.10. The maximum absolute atomic E-state index is 12.2. The number of oxazole rings is 1. The number of aromatic nitrogens is 1. The Hall–Kier alpha value is -1.16. The second-order valence-electron chi connectivity index (χ2n) is 5.11. The van der Waals surface area contributed by atoms with E-state index in [9.17, 15) is 9.90 Å². The van der Waals surface area contributed by atoms with Gasteiger partial charge in [-0.15, -0.1) is 0 Å². The molecule has 0 amide bonds. The van der Waals surface area contributed by atoms with Crippen LogP contribution in [0.5, 0.6) is 0 Å². The maximum Gasteiger partial charge on any atom is 0.180 e. The summed E-state index contributed by atoms with van der Waals surface area (Å²) in [5, 5.41) is 10.1. The summed E-state index contributed by atoms with van der Waals surface area (Å²) in [7, 11) is 0. The van der Waals surface area contributed by atoms with Crippen LogP contribution in [-0.2, 0) is 4.79 Å². The maximum atomic E-state index is 12.2. The molecule has 2 atom stereocenters. The Morgan fingerprint density at radius 3 is 3.00 bits per heavy atom. The molecule has 88 valence electrons. The zero-order chi connectivity index (χ0) is 11.8. The molecule has 1 fully saturated rings. The summed E-state index contributed by atoms with van der Waals surface area (Å²) in [5.74, 6) is -0.205. The quantitative estimate of drug-likeness (QED) is 0.834. The first-order valence-corrected chi connectivity index (χ1v) is 5.63. The molecule has 2 rings (SSSR count). The number of hydrogen-bond donors (Lipinski definition) is 1. The van der Waals surface area contributed by atoms with Gasteiger partial charge in [0.1, 0.15) is 23.8 Å². The Balaban J connectivity index is 2.18. The van der Waals surface area contributed by atoms with Gasteiger partial charge in [-0.3, -0.25) is 4.79 Å². The van der Waals surface area contributed by atoms with Crippen LogP contribution in [0.25, 0.3) is 0 Å². The molecule has 2 unspecified atom stereocenters. The van der Waals surface area contributed by atoms with E-state index in [2.05, 4.69) is 4.98 Å². The Labute approximate surface area is 94.7 Å². The van der Waals surface area contributed by atoms with Crippen molar-refractivity contribution in [1.82, 2.24) is 4.98 Å². The lowest BCUT2D eigenvalue weighted by Crippen LogP contribution is -2.38. The number of carbonyl (C=O) groups excluding carboxylic acids is 1. The van der Waals surface area contributed by atoms with Gasteiger partial charge in [-0.2, -0.15) is 0 Å². The van der Waals surface area contributed by atoms with Crippen LogP contribution in [0, 0.1) is 11.3 Å². The second-order valence-corrected chi connectivity index (χ2v) is 5.11. The minimum absolute atomic E-state index is 0.134. The molecule has 1 heterocycles. The number of rotatable bonds is 2. The lowest BCUT2D eigenvalue weighted by atomic mass is 9.69. The summed E-state index contributed by atoms with van der Waals surface area (Å²) >= 11 is 0. The third kappa shape index (κ3) is 1.89. The molecular weight excluding hydrogens is 206 g/mol. The highest BCUT2D eigenvalue weighted by atomic mass is 16.3. The van der Waals surface area contributed by atoms with Crippen molar-refractivity contribution in [3.63, 3.8) is 0 Å². The highest BCUT2D eigenvalue weighted by Gasteiger charge is 2.41. The van der Waals surface area contributed by atoms with E-state index in [1.54, 1.807) is 0 Å². The van der Waals surface area contributed by atoms with Gasteiger partial charge in [0.15, 0.2) is 6.39 Å². The SMILES string of the molecule is CC1(C)CCCC(C(O)c2cocn2)C1=O. The van der Waals surface area contributed by atoms with Crippen molar-refractivity contribution >= 4 is 5.78 Å². The smallest absolute Gasteiger partial charge is 0.180 e. The summed E-state index contributed by atoms with van der Waals surface area (Å²) in [6, 6.07) is 0. The Bertz CT molecular complexity index is 370. The van der Waals surface area contributed by atoms with E-state index in [-0.39, 0.29) is 17.1 Å². The lowest BCUT2D eigenvalue weighted by Gasteiger charge is -2.35. The first-order chi connectivity index (χ1) is 7.52. The van der Waals surface area contributed by atoms with Crippen molar-refractivity contribution in [3.05, 3.63) is 18.4 Å². The molecule has 1 saturated carbocycles. The Morgan fingerprint density at radius 1 is 1.62 bits per heavy atom. The molecule has 1 N–H and O–H groups in total. The number of carbonyl (C=O) groups is 1. The minimum Gasteiger partial charge on any atom is -0.451 e. The first-order valence-electron chi connectivity index (χ1n) is 5.63. The van der Waals surface area contributed by atoms with Crippen molar-refractivity contribution in [2.45, 2.75) is 39.2 Å². The van der Waals surface area contributed by atoms with E-state index >= 15 is 0 Å². The van der Waals surface area contributed by atoms with E-state index in [0.717, 1.165) is 19.3 Å². The van der Waals surface area contributed by atoms with Crippen LogP contribution in [-0.4, -0.2) is 15.9 Å². The molecule has 0 bridgehead atoms. The summed E-state index contributed by atoms with van der Waals surface area (Å²) in [6.07, 6.45) is 4.45. The predicted molar refractivity (Wildman–Crippen MR) is 57.6 cm³/mol. The van der Waals surface area contributed by atoms with Crippen molar-refractivity contribution in [3.8, 4) is 0 Å². The van der Waals surface area contributed by atoms with Crippen LogP contribution in [0.3, 0.4) is 0 Å². The molecule has 4 heteroatoms. The Morgan fingerprint density at radius 2 is 2.38 bits per heavy atom. The summed E-state index contributed by atoms with van der Waals surface area (Å²) in [5.41, 5.74) is 0.129. The van der Waals surface area contributed by atoms with Gasteiger partial charge in [-0.25, -0.2) is 4.98 Å². The highest BCUT2D eigenvalue weighted by molar-refractivity contribution is 5.87. The molecule has 0 saturated heterocycles. The fraction of sp³-hybridized carbons (Fsp3) is 0.667. The van der Waals surface area contributed by atoms with Crippen molar-refractivity contribution in [2.75, 3.05) is 0 Å². The van der Waals surface area contributed by atoms with E-state index in [4.69, 9.17) is 4.42 Å². The van der Waals surface area contributed by atoms with Crippen LogP contribution >= 0.6 is 0 Å². The van der Waals surface area contributed by atoms with Crippen molar-refractivity contribution < 1.29 is 14.3 Å². The summed E-state index contributed by atoms with van der Waals surface area (Å²) in [6.45, 7) is 3.88. The molecule has 1 aromatic heterocycles. The van der Waals surface area contributed by atoms with Crippen LogP contribution in [0.4, 0.5) is 0 Å². The Kier molecular flexibility index (Phi) is 2.84. The molecule has 16 heavy (non-hydrogen) atoms. The lowest BCUT2D eigenvalue weighted by molar-refractivity contribution is -0.138. The fourth-order valence-electron chi connectivity index (χ4n) is 2.40. The molecule has 1 aliphatic carbocycles. The van der Waals surface area contributed by atoms with Gasteiger partial charge in [0.25, 0.3) is 0 Å². The zero-order valence-corrected chi connectivity index (χ0v) is 9.64. The average molecular weight is 223 g/mol. The van der Waals surface area contributed by atoms with E-state index < -0.39 is 6.10 Å². The van der Waals surface area contributed by atoms with Crippen LogP contribution in [0.1, 0.15) is 44.9 Å². The van der Waals surface area contributed by atoms with Crippen molar-refractivity contribution in [1.29, 1.82) is 0 Å². The monoisotopic (exact) mass is 223 g/mol. The molecule has 0 aromatic carbocycles.